The minimum Gasteiger partial charge on any atom is -0.308 e. The van der Waals surface area contributed by atoms with E-state index in [2.05, 4.69) is 36.5 Å². The molecule has 0 heterocycles. The lowest BCUT2D eigenvalue weighted by Gasteiger charge is -2.23. The van der Waals surface area contributed by atoms with Crippen molar-refractivity contribution < 1.29 is 13.2 Å². The first-order chi connectivity index (χ1) is 14.1. The van der Waals surface area contributed by atoms with E-state index in [9.17, 15) is 13.2 Å². The number of hydrogen-bond acceptors (Lipinski definition) is 3. The van der Waals surface area contributed by atoms with Crippen molar-refractivity contribution in [1.29, 1.82) is 0 Å². The summed E-state index contributed by atoms with van der Waals surface area (Å²) in [5, 5.41) is 5.45. The molecule has 0 aromatic heterocycles. The van der Waals surface area contributed by atoms with E-state index < -0.39 is 16.1 Å². The highest BCUT2D eigenvalue weighted by molar-refractivity contribution is 7.92. The molecule has 3 N–H and O–H groups in total. The van der Waals surface area contributed by atoms with Gasteiger partial charge in [0.15, 0.2) is 0 Å². The third kappa shape index (κ3) is 5.59. The van der Waals surface area contributed by atoms with Gasteiger partial charge in [0.05, 0.1) is 26.0 Å². The maximum atomic E-state index is 12.5. The number of para-hydroxylation sites is 1. The zero-order valence-corrected chi connectivity index (χ0v) is 17.9. The van der Waals surface area contributed by atoms with Crippen LogP contribution in [0.5, 0.6) is 0 Å². The van der Waals surface area contributed by atoms with Crippen LogP contribution in [0, 0.1) is 0 Å². The third-order valence-electron chi connectivity index (χ3n) is 4.35. The summed E-state index contributed by atoms with van der Waals surface area (Å²) in [6, 6.07) is 21.8. The Balaban J connectivity index is 1.62. The highest BCUT2D eigenvalue weighted by Crippen LogP contribution is 2.21. The first-order valence-electron chi connectivity index (χ1n) is 9.31. The van der Waals surface area contributed by atoms with Gasteiger partial charge < -0.3 is 10.6 Å². The molecule has 3 aromatic carbocycles. The van der Waals surface area contributed by atoms with Gasteiger partial charge in [0, 0.05) is 29.2 Å². The number of rotatable bonds is 6. The molecule has 0 aliphatic carbocycles. The van der Waals surface area contributed by atoms with E-state index in [0.717, 1.165) is 5.69 Å². The number of quaternary nitrogens is 1. The average molecular weight is 426 g/mol. The van der Waals surface area contributed by atoms with E-state index >= 15 is 0 Å². The normalized spacial score (nSPS) is 11.6. The minimum absolute atomic E-state index is 0.105. The second-order valence-electron chi connectivity index (χ2n) is 7.63. The van der Waals surface area contributed by atoms with Crippen LogP contribution in [0.4, 0.5) is 27.5 Å². The molecule has 3 rings (SSSR count). The fraction of sp³-hybridized carbons (Fsp3) is 0.136. The van der Waals surface area contributed by atoms with Crippen molar-refractivity contribution in [3.63, 3.8) is 0 Å². The van der Waals surface area contributed by atoms with Crippen LogP contribution in [-0.2, 0) is 10.0 Å². The average Bonchev–Trinajstić information content (AvgIpc) is 2.68. The SMILES string of the molecule is C[N+](C)(C)c1ccc(NC(=O)Nc2ccc(S(=O)(=O)Nc3ccccc3)cc2)cc1. The molecule has 156 valence electrons. The smallest absolute Gasteiger partial charge is 0.308 e. The lowest BCUT2D eigenvalue weighted by atomic mass is 10.2. The zero-order valence-electron chi connectivity index (χ0n) is 17.1. The first kappa shape index (κ1) is 21.4. The van der Waals surface area contributed by atoms with Gasteiger partial charge in [0.25, 0.3) is 10.0 Å². The zero-order chi connectivity index (χ0) is 21.8. The minimum atomic E-state index is -3.70. The molecule has 0 saturated carbocycles. The van der Waals surface area contributed by atoms with Crippen molar-refractivity contribution in [2.75, 3.05) is 36.5 Å². The van der Waals surface area contributed by atoms with Crippen LogP contribution in [0.3, 0.4) is 0 Å². The molecule has 0 saturated heterocycles. The number of amides is 2. The molecule has 0 spiro atoms. The molecule has 2 amide bonds. The number of anilines is 3. The number of sulfonamides is 1. The van der Waals surface area contributed by atoms with Gasteiger partial charge in [-0.05, 0) is 48.5 Å². The van der Waals surface area contributed by atoms with Crippen molar-refractivity contribution in [2.45, 2.75) is 4.90 Å². The Morgan fingerprint density at radius 2 is 1.20 bits per heavy atom. The van der Waals surface area contributed by atoms with Crippen LogP contribution in [0.25, 0.3) is 0 Å². The Morgan fingerprint density at radius 3 is 1.70 bits per heavy atom. The topological polar surface area (TPSA) is 87.3 Å². The summed E-state index contributed by atoms with van der Waals surface area (Å²) < 4.78 is 28.1. The Bertz CT molecular complexity index is 1110. The fourth-order valence-corrected chi connectivity index (χ4v) is 3.78. The lowest BCUT2D eigenvalue weighted by molar-refractivity contribution is 0.262. The van der Waals surface area contributed by atoms with E-state index in [0.29, 0.717) is 21.5 Å². The highest BCUT2D eigenvalue weighted by Gasteiger charge is 2.15. The lowest BCUT2D eigenvalue weighted by Crippen LogP contribution is -2.34. The number of hydrogen-bond donors (Lipinski definition) is 3. The summed E-state index contributed by atoms with van der Waals surface area (Å²) in [7, 11) is 2.49. The van der Waals surface area contributed by atoms with Crippen LogP contribution in [-0.4, -0.2) is 35.6 Å². The summed E-state index contributed by atoms with van der Waals surface area (Å²) in [5.74, 6) is 0. The standard InChI is InChI=1S/C22H24N4O3S/c1-26(2,3)20-13-9-17(10-14-20)23-22(27)24-18-11-15-21(16-12-18)30(28,29)25-19-7-5-4-6-8-19/h4-16,25H,1-3H3,(H-,23,24,27)/p+1. The van der Waals surface area contributed by atoms with Crippen LogP contribution in [0.15, 0.2) is 83.8 Å². The van der Waals surface area contributed by atoms with Gasteiger partial charge in [-0.25, -0.2) is 13.2 Å². The number of benzene rings is 3. The summed E-state index contributed by atoms with van der Waals surface area (Å²) in [4.78, 5) is 12.3. The van der Waals surface area contributed by atoms with Crippen LogP contribution in [0.2, 0.25) is 0 Å². The van der Waals surface area contributed by atoms with Gasteiger partial charge in [-0.15, -0.1) is 0 Å². The van der Waals surface area contributed by atoms with E-state index in [1.165, 1.54) is 12.1 Å². The van der Waals surface area contributed by atoms with Crippen molar-refractivity contribution in [3.05, 3.63) is 78.9 Å². The van der Waals surface area contributed by atoms with Crippen molar-refractivity contribution in [1.82, 2.24) is 4.48 Å². The molecule has 0 radical (unpaired) electrons. The second kappa shape index (κ2) is 8.56. The summed E-state index contributed by atoms with van der Waals surface area (Å²) >= 11 is 0. The maximum Gasteiger partial charge on any atom is 0.323 e. The molecule has 0 unspecified atom stereocenters. The van der Waals surface area contributed by atoms with E-state index in [1.54, 1.807) is 36.4 Å². The molecule has 0 atom stereocenters. The predicted octanol–water partition coefficient (Wildman–Crippen LogP) is 4.33. The summed E-state index contributed by atoms with van der Waals surface area (Å²) in [6.07, 6.45) is 0. The number of carbonyl (C=O) groups excluding carboxylic acids is 1. The number of nitrogens with zero attached hydrogens (tertiary/aromatic N) is 1. The van der Waals surface area contributed by atoms with Gasteiger partial charge in [-0.1, -0.05) is 18.2 Å². The monoisotopic (exact) mass is 425 g/mol. The van der Waals surface area contributed by atoms with E-state index in [1.807, 2.05) is 30.3 Å². The van der Waals surface area contributed by atoms with Crippen LogP contribution < -0.4 is 19.8 Å². The van der Waals surface area contributed by atoms with Crippen molar-refractivity contribution in [2.24, 2.45) is 0 Å². The maximum absolute atomic E-state index is 12.5. The Morgan fingerprint density at radius 1 is 0.700 bits per heavy atom. The Kier molecular flexibility index (Phi) is 6.09. The number of nitrogens with one attached hydrogen (secondary N) is 3. The van der Waals surface area contributed by atoms with Crippen molar-refractivity contribution >= 4 is 38.8 Å². The molecular formula is C22H25N4O3S+. The molecular weight excluding hydrogens is 400 g/mol. The van der Waals surface area contributed by atoms with Gasteiger partial charge >= 0.3 is 6.03 Å². The number of urea groups is 1. The van der Waals surface area contributed by atoms with Gasteiger partial charge in [0.1, 0.15) is 5.69 Å². The molecule has 0 bridgehead atoms. The van der Waals surface area contributed by atoms with E-state index in [-0.39, 0.29) is 4.90 Å². The Hall–Kier alpha value is -3.36. The van der Waals surface area contributed by atoms with Crippen LogP contribution >= 0.6 is 0 Å². The van der Waals surface area contributed by atoms with Gasteiger partial charge in [-0.3, -0.25) is 9.21 Å². The van der Waals surface area contributed by atoms with Gasteiger partial charge in [0.2, 0.25) is 0 Å². The predicted molar refractivity (Wildman–Crippen MR) is 122 cm³/mol. The molecule has 3 aromatic rings. The highest BCUT2D eigenvalue weighted by atomic mass is 32.2. The molecule has 30 heavy (non-hydrogen) atoms. The largest absolute Gasteiger partial charge is 0.323 e. The molecule has 7 nitrogen and oxygen atoms in total. The van der Waals surface area contributed by atoms with Crippen LogP contribution in [0.1, 0.15) is 0 Å². The van der Waals surface area contributed by atoms with E-state index in [4.69, 9.17) is 0 Å². The summed E-state index contributed by atoms with van der Waals surface area (Å²) in [5.41, 5.74) is 2.74. The number of carbonyl (C=O) groups is 1. The van der Waals surface area contributed by atoms with Crippen molar-refractivity contribution in [3.8, 4) is 0 Å². The molecule has 0 fully saturated rings. The fourth-order valence-electron chi connectivity index (χ4n) is 2.72. The molecule has 8 heteroatoms. The molecule has 0 aliphatic heterocycles. The quantitative estimate of drug-likeness (QED) is 0.514. The third-order valence-corrected chi connectivity index (χ3v) is 5.75. The first-order valence-corrected chi connectivity index (χ1v) is 10.8. The second-order valence-corrected chi connectivity index (χ2v) is 9.32. The molecule has 0 aliphatic rings. The Labute approximate surface area is 177 Å². The van der Waals surface area contributed by atoms with Gasteiger partial charge in [-0.2, -0.15) is 0 Å². The summed E-state index contributed by atoms with van der Waals surface area (Å²) in [6.45, 7) is 0.